The maximum atomic E-state index is 12.6. The van der Waals surface area contributed by atoms with E-state index in [2.05, 4.69) is 5.32 Å². The molecule has 1 aromatic carbocycles. The Hall–Kier alpha value is -1.36. The predicted octanol–water partition coefficient (Wildman–Crippen LogP) is 4.01. The van der Waals surface area contributed by atoms with E-state index in [1.807, 2.05) is 13.8 Å². The van der Waals surface area contributed by atoms with Crippen LogP contribution in [-0.4, -0.2) is 18.9 Å². The van der Waals surface area contributed by atoms with E-state index in [-0.39, 0.29) is 17.6 Å². The van der Waals surface area contributed by atoms with Crippen molar-refractivity contribution in [3.05, 3.63) is 35.4 Å². The first-order chi connectivity index (χ1) is 10.3. The van der Waals surface area contributed by atoms with Gasteiger partial charge in [0.2, 0.25) is 0 Å². The van der Waals surface area contributed by atoms with Crippen molar-refractivity contribution in [3.63, 3.8) is 0 Å². The molecule has 0 saturated heterocycles. The Morgan fingerprint density at radius 1 is 1.23 bits per heavy atom. The quantitative estimate of drug-likeness (QED) is 0.824. The van der Waals surface area contributed by atoms with E-state index >= 15 is 0 Å². The van der Waals surface area contributed by atoms with Gasteiger partial charge in [0.05, 0.1) is 11.5 Å². The highest BCUT2D eigenvalue weighted by Gasteiger charge is 2.31. The van der Waals surface area contributed by atoms with Crippen LogP contribution < -0.4 is 5.32 Å². The maximum Gasteiger partial charge on any atom is 0.416 e. The van der Waals surface area contributed by atoms with Crippen molar-refractivity contribution >= 4 is 5.78 Å². The average molecular weight is 313 g/mol. The summed E-state index contributed by atoms with van der Waals surface area (Å²) in [6, 6.07) is 4.95. The van der Waals surface area contributed by atoms with E-state index in [0.29, 0.717) is 18.0 Å². The topological polar surface area (TPSA) is 29.1 Å². The zero-order valence-corrected chi connectivity index (χ0v) is 12.9. The fourth-order valence-electron chi connectivity index (χ4n) is 2.44. The van der Waals surface area contributed by atoms with Crippen LogP contribution in [0.25, 0.3) is 0 Å². The molecule has 1 atom stereocenters. The number of carbonyl (C=O) groups is 1. The number of hydrogen-bond donors (Lipinski definition) is 1. The second-order valence-corrected chi connectivity index (χ2v) is 6.33. The predicted molar refractivity (Wildman–Crippen MR) is 79.6 cm³/mol. The summed E-state index contributed by atoms with van der Waals surface area (Å²) in [4.78, 5) is 12.4. The molecule has 22 heavy (non-hydrogen) atoms. The third kappa shape index (κ3) is 4.57. The van der Waals surface area contributed by atoms with Gasteiger partial charge in [-0.3, -0.25) is 4.79 Å². The van der Waals surface area contributed by atoms with Gasteiger partial charge in [0.25, 0.3) is 0 Å². The molecule has 2 rings (SSSR count). The Morgan fingerprint density at radius 2 is 1.82 bits per heavy atom. The van der Waals surface area contributed by atoms with E-state index < -0.39 is 11.7 Å². The van der Waals surface area contributed by atoms with Gasteiger partial charge in [-0.2, -0.15) is 13.2 Å². The second kappa shape index (κ2) is 6.82. The smallest absolute Gasteiger partial charge is 0.315 e. The first-order valence-corrected chi connectivity index (χ1v) is 7.70. The lowest BCUT2D eigenvalue weighted by molar-refractivity contribution is -0.137. The van der Waals surface area contributed by atoms with Crippen LogP contribution in [0.4, 0.5) is 13.2 Å². The minimum Gasteiger partial charge on any atom is -0.315 e. The summed E-state index contributed by atoms with van der Waals surface area (Å²) >= 11 is 0. The van der Waals surface area contributed by atoms with Gasteiger partial charge in [-0.05, 0) is 43.0 Å². The molecule has 0 spiro atoms. The number of alkyl halides is 3. The van der Waals surface area contributed by atoms with Crippen molar-refractivity contribution in [2.24, 2.45) is 11.8 Å². The molecule has 0 unspecified atom stereocenters. The van der Waals surface area contributed by atoms with E-state index in [0.717, 1.165) is 18.7 Å². The number of Topliss-reactive ketones (excluding diaryl/α,β-unsaturated/α-hetero) is 1. The molecule has 1 aliphatic rings. The Kier molecular flexibility index (Phi) is 5.27. The van der Waals surface area contributed by atoms with Gasteiger partial charge in [0, 0.05) is 12.5 Å². The summed E-state index contributed by atoms with van der Waals surface area (Å²) in [6.07, 6.45) is -1.91. The maximum absolute atomic E-state index is 12.6. The van der Waals surface area contributed by atoms with Crippen molar-refractivity contribution in [2.75, 3.05) is 13.1 Å². The second-order valence-electron chi connectivity index (χ2n) is 6.33. The summed E-state index contributed by atoms with van der Waals surface area (Å²) in [5, 5.41) is 3.28. The number of nitrogens with one attached hydrogen (secondary N) is 1. The van der Waals surface area contributed by atoms with E-state index in [4.69, 9.17) is 0 Å². The van der Waals surface area contributed by atoms with Gasteiger partial charge in [0.15, 0.2) is 0 Å². The number of carbonyl (C=O) groups excluding carboxylic acids is 1. The van der Waals surface area contributed by atoms with Crippen molar-refractivity contribution in [1.29, 1.82) is 0 Å². The Bertz CT molecular complexity index is 504. The van der Waals surface area contributed by atoms with Crippen molar-refractivity contribution in [1.82, 2.24) is 5.32 Å². The van der Waals surface area contributed by atoms with Crippen molar-refractivity contribution in [3.8, 4) is 0 Å². The molecule has 122 valence electrons. The lowest BCUT2D eigenvalue weighted by Crippen LogP contribution is -2.30. The first-order valence-electron chi connectivity index (χ1n) is 7.70. The van der Waals surface area contributed by atoms with Crippen LogP contribution in [0.2, 0.25) is 0 Å². The molecule has 0 bridgehead atoms. The van der Waals surface area contributed by atoms with Crippen LogP contribution in [0, 0.1) is 11.8 Å². The Morgan fingerprint density at radius 3 is 2.27 bits per heavy atom. The third-order valence-electron chi connectivity index (χ3n) is 4.03. The molecule has 0 aliphatic heterocycles. The summed E-state index contributed by atoms with van der Waals surface area (Å²) in [5.74, 6) is 0.224. The molecule has 0 heterocycles. The van der Waals surface area contributed by atoms with Crippen LogP contribution in [-0.2, 0) is 11.0 Å². The molecule has 0 amide bonds. The van der Waals surface area contributed by atoms with Gasteiger partial charge in [0.1, 0.15) is 5.78 Å². The summed E-state index contributed by atoms with van der Waals surface area (Å²) < 4.78 is 37.9. The molecule has 1 fully saturated rings. The minimum atomic E-state index is -4.35. The molecule has 1 aromatic rings. The highest BCUT2D eigenvalue weighted by Crippen LogP contribution is 2.31. The number of rotatable bonds is 7. The zero-order valence-electron chi connectivity index (χ0n) is 12.9. The highest BCUT2D eigenvalue weighted by atomic mass is 19.4. The fraction of sp³-hybridized carbons (Fsp3) is 0.588. The molecule has 0 aromatic heterocycles. The molecular formula is C17H22F3NO. The van der Waals surface area contributed by atoms with Gasteiger partial charge >= 0.3 is 6.18 Å². The summed E-state index contributed by atoms with van der Waals surface area (Å²) in [5.41, 5.74) is -0.0343. The van der Waals surface area contributed by atoms with Crippen LogP contribution in [0.3, 0.4) is 0 Å². The SMILES string of the molecule is CC(C)C(=O)[C@H](CNCC1CC1)c1ccc(C(F)(F)F)cc1. The van der Waals surface area contributed by atoms with Gasteiger partial charge < -0.3 is 5.32 Å². The Labute approximate surface area is 129 Å². The van der Waals surface area contributed by atoms with Gasteiger partial charge in [-0.1, -0.05) is 26.0 Å². The van der Waals surface area contributed by atoms with Crippen LogP contribution in [0.5, 0.6) is 0 Å². The van der Waals surface area contributed by atoms with Gasteiger partial charge in [-0.15, -0.1) is 0 Å². The van der Waals surface area contributed by atoms with E-state index in [1.165, 1.54) is 25.0 Å². The van der Waals surface area contributed by atoms with E-state index in [9.17, 15) is 18.0 Å². The van der Waals surface area contributed by atoms with E-state index in [1.54, 1.807) is 0 Å². The standard InChI is InChI=1S/C17H22F3NO/c1-11(2)16(22)15(10-21-9-12-3-4-12)13-5-7-14(8-6-13)17(18,19)20/h5-8,11-12,15,21H,3-4,9-10H2,1-2H3/t15-/m1/s1. The summed E-state index contributed by atoms with van der Waals surface area (Å²) in [6.45, 7) is 5.00. The van der Waals surface area contributed by atoms with Gasteiger partial charge in [-0.25, -0.2) is 0 Å². The molecular weight excluding hydrogens is 291 g/mol. The molecule has 1 aliphatic carbocycles. The average Bonchev–Trinajstić information content (AvgIpc) is 3.26. The van der Waals surface area contributed by atoms with Crippen LogP contribution >= 0.6 is 0 Å². The zero-order chi connectivity index (χ0) is 16.3. The minimum absolute atomic E-state index is 0.0584. The van der Waals surface area contributed by atoms with Crippen molar-refractivity contribution < 1.29 is 18.0 Å². The molecule has 0 radical (unpaired) electrons. The third-order valence-corrected chi connectivity index (χ3v) is 4.03. The van der Waals surface area contributed by atoms with Crippen LogP contribution in [0.15, 0.2) is 24.3 Å². The lowest BCUT2D eigenvalue weighted by Gasteiger charge is -2.20. The largest absolute Gasteiger partial charge is 0.416 e. The van der Waals surface area contributed by atoms with Crippen molar-refractivity contribution in [2.45, 2.75) is 38.8 Å². The monoisotopic (exact) mass is 313 g/mol. The molecule has 5 heteroatoms. The number of benzene rings is 1. The number of ketones is 1. The van der Waals surface area contributed by atoms with Crippen LogP contribution in [0.1, 0.15) is 43.7 Å². The lowest BCUT2D eigenvalue weighted by atomic mass is 9.88. The normalized spacial score (nSPS) is 16.8. The number of halogens is 3. The highest BCUT2D eigenvalue weighted by molar-refractivity contribution is 5.87. The molecule has 2 nitrogen and oxygen atoms in total. The molecule has 1 N–H and O–H groups in total. The first kappa shape index (κ1) is 17.0. The molecule has 1 saturated carbocycles. The Balaban J connectivity index is 2.10. The number of hydrogen-bond acceptors (Lipinski definition) is 2. The summed E-state index contributed by atoms with van der Waals surface area (Å²) in [7, 11) is 0. The fourth-order valence-corrected chi connectivity index (χ4v) is 2.44.